The van der Waals surface area contributed by atoms with Crippen LogP contribution in [0.4, 0.5) is 0 Å². The third-order valence-electron chi connectivity index (χ3n) is 4.07. The van der Waals surface area contributed by atoms with E-state index in [4.69, 9.17) is 10.3 Å². The molecule has 1 fully saturated rings. The van der Waals surface area contributed by atoms with Crippen LogP contribution in [0.1, 0.15) is 31.5 Å². The summed E-state index contributed by atoms with van der Waals surface area (Å²) in [6.07, 6.45) is 5.54. The Morgan fingerprint density at radius 1 is 1.23 bits per heavy atom. The first-order valence-electron chi connectivity index (χ1n) is 7.21. The maximum Gasteiger partial charge on any atom is 0.258 e. The standard InChI is InChI=1S/C14H15N7O/c15-14(6-1-2-7-14)13-17-12(22-18-13)10-4-3-5-11(8-10)21-9-16-19-20-21/h3-5,8-9H,1-2,6-7,15H2. The average molecular weight is 297 g/mol. The highest BCUT2D eigenvalue weighted by Crippen LogP contribution is 2.35. The zero-order valence-electron chi connectivity index (χ0n) is 11.9. The van der Waals surface area contributed by atoms with Crippen molar-refractivity contribution in [3.05, 3.63) is 36.4 Å². The Morgan fingerprint density at radius 2 is 2.09 bits per heavy atom. The van der Waals surface area contributed by atoms with Crippen LogP contribution in [0.5, 0.6) is 0 Å². The molecule has 1 aliphatic rings. The predicted molar refractivity (Wildman–Crippen MR) is 76.8 cm³/mol. The molecule has 0 saturated heterocycles. The van der Waals surface area contributed by atoms with Gasteiger partial charge in [0, 0.05) is 5.56 Å². The van der Waals surface area contributed by atoms with Gasteiger partial charge in [-0.3, -0.25) is 0 Å². The van der Waals surface area contributed by atoms with E-state index in [1.54, 1.807) is 4.68 Å². The second kappa shape index (κ2) is 4.99. The van der Waals surface area contributed by atoms with Crippen molar-refractivity contribution in [2.24, 2.45) is 5.73 Å². The van der Waals surface area contributed by atoms with E-state index in [0.29, 0.717) is 11.7 Å². The van der Waals surface area contributed by atoms with Gasteiger partial charge in [0.25, 0.3) is 5.89 Å². The summed E-state index contributed by atoms with van der Waals surface area (Å²) in [4.78, 5) is 4.49. The van der Waals surface area contributed by atoms with Gasteiger partial charge < -0.3 is 10.3 Å². The Labute approximate surface area is 126 Å². The molecule has 0 aliphatic heterocycles. The van der Waals surface area contributed by atoms with Crippen molar-refractivity contribution in [1.82, 2.24) is 30.3 Å². The molecule has 112 valence electrons. The van der Waals surface area contributed by atoms with E-state index in [1.807, 2.05) is 24.3 Å². The summed E-state index contributed by atoms with van der Waals surface area (Å²) in [5.41, 5.74) is 7.55. The van der Waals surface area contributed by atoms with Crippen molar-refractivity contribution in [3.8, 4) is 17.1 Å². The molecule has 0 unspecified atom stereocenters. The minimum Gasteiger partial charge on any atom is -0.334 e. The lowest BCUT2D eigenvalue weighted by molar-refractivity contribution is 0.372. The van der Waals surface area contributed by atoms with Crippen molar-refractivity contribution in [2.75, 3.05) is 0 Å². The Bertz CT molecular complexity index is 774. The molecule has 0 bridgehead atoms. The molecule has 2 N–H and O–H groups in total. The third kappa shape index (κ3) is 2.17. The predicted octanol–water partition coefficient (Wildman–Crippen LogP) is 1.44. The van der Waals surface area contributed by atoms with Crippen molar-refractivity contribution in [3.63, 3.8) is 0 Å². The molecular formula is C14H15N7O. The number of nitrogens with two attached hydrogens (primary N) is 1. The summed E-state index contributed by atoms with van der Waals surface area (Å²) < 4.78 is 6.97. The van der Waals surface area contributed by atoms with E-state index in [0.717, 1.165) is 36.9 Å². The molecule has 0 atom stereocenters. The summed E-state index contributed by atoms with van der Waals surface area (Å²) in [6.45, 7) is 0. The average Bonchev–Trinajstić information content (AvgIpc) is 3.29. The van der Waals surface area contributed by atoms with Crippen molar-refractivity contribution in [2.45, 2.75) is 31.2 Å². The second-order valence-corrected chi connectivity index (χ2v) is 5.59. The molecule has 0 spiro atoms. The Balaban J connectivity index is 1.68. The maximum atomic E-state index is 6.36. The number of tetrazole rings is 1. The van der Waals surface area contributed by atoms with Crippen molar-refractivity contribution in [1.29, 1.82) is 0 Å². The van der Waals surface area contributed by atoms with E-state index >= 15 is 0 Å². The van der Waals surface area contributed by atoms with Gasteiger partial charge >= 0.3 is 0 Å². The fourth-order valence-electron chi connectivity index (χ4n) is 2.83. The Kier molecular flexibility index (Phi) is 2.97. The second-order valence-electron chi connectivity index (χ2n) is 5.59. The topological polar surface area (TPSA) is 109 Å². The van der Waals surface area contributed by atoms with Gasteiger partial charge in [-0.1, -0.05) is 24.1 Å². The lowest BCUT2D eigenvalue weighted by Crippen LogP contribution is -2.34. The van der Waals surface area contributed by atoms with Gasteiger partial charge in [0.15, 0.2) is 5.82 Å². The highest BCUT2D eigenvalue weighted by atomic mass is 16.5. The minimum atomic E-state index is -0.449. The molecule has 8 nitrogen and oxygen atoms in total. The molecule has 2 heterocycles. The van der Waals surface area contributed by atoms with Gasteiger partial charge in [-0.25, -0.2) is 4.68 Å². The first-order valence-corrected chi connectivity index (χ1v) is 7.21. The number of nitrogens with zero attached hydrogens (tertiary/aromatic N) is 6. The van der Waals surface area contributed by atoms with Crippen LogP contribution >= 0.6 is 0 Å². The first kappa shape index (κ1) is 13.1. The lowest BCUT2D eigenvalue weighted by Gasteiger charge is -2.17. The number of aromatic nitrogens is 6. The molecule has 3 aromatic rings. The fourth-order valence-corrected chi connectivity index (χ4v) is 2.83. The van der Waals surface area contributed by atoms with Gasteiger partial charge in [0.2, 0.25) is 0 Å². The SMILES string of the molecule is NC1(c2noc(-c3cccc(-n4cnnn4)c3)n2)CCCC1. The largest absolute Gasteiger partial charge is 0.334 e. The molecule has 1 aliphatic carbocycles. The molecular weight excluding hydrogens is 282 g/mol. The Hall–Kier alpha value is -2.61. The monoisotopic (exact) mass is 297 g/mol. The van der Waals surface area contributed by atoms with Gasteiger partial charge in [-0.05, 0) is 41.5 Å². The highest BCUT2D eigenvalue weighted by molar-refractivity contribution is 5.57. The van der Waals surface area contributed by atoms with Gasteiger partial charge in [-0.15, -0.1) is 5.10 Å². The van der Waals surface area contributed by atoms with E-state index in [2.05, 4.69) is 25.7 Å². The summed E-state index contributed by atoms with van der Waals surface area (Å²) >= 11 is 0. The van der Waals surface area contributed by atoms with Crippen molar-refractivity contribution < 1.29 is 4.52 Å². The maximum absolute atomic E-state index is 6.36. The van der Waals surface area contributed by atoms with Crippen LogP contribution in [-0.2, 0) is 5.54 Å². The van der Waals surface area contributed by atoms with Crippen LogP contribution in [0, 0.1) is 0 Å². The first-order chi connectivity index (χ1) is 10.7. The van der Waals surface area contributed by atoms with Crippen LogP contribution in [-0.4, -0.2) is 30.3 Å². The molecule has 22 heavy (non-hydrogen) atoms. The fraction of sp³-hybridized carbons (Fsp3) is 0.357. The molecule has 0 amide bonds. The Morgan fingerprint density at radius 3 is 2.86 bits per heavy atom. The smallest absolute Gasteiger partial charge is 0.258 e. The van der Waals surface area contributed by atoms with Gasteiger partial charge in [0.05, 0.1) is 11.2 Å². The van der Waals surface area contributed by atoms with Crippen LogP contribution in [0.15, 0.2) is 35.1 Å². The van der Waals surface area contributed by atoms with Crippen LogP contribution in [0.2, 0.25) is 0 Å². The van der Waals surface area contributed by atoms with Crippen LogP contribution in [0.25, 0.3) is 17.1 Å². The minimum absolute atomic E-state index is 0.449. The summed E-state index contributed by atoms with van der Waals surface area (Å²) in [6, 6.07) is 7.59. The summed E-state index contributed by atoms with van der Waals surface area (Å²) in [5.74, 6) is 1.05. The van der Waals surface area contributed by atoms with E-state index in [-0.39, 0.29) is 0 Å². The number of benzene rings is 1. The highest BCUT2D eigenvalue weighted by Gasteiger charge is 2.36. The molecule has 0 radical (unpaired) electrons. The van der Waals surface area contributed by atoms with Gasteiger partial charge in [-0.2, -0.15) is 4.98 Å². The van der Waals surface area contributed by atoms with Crippen molar-refractivity contribution >= 4 is 0 Å². The zero-order valence-corrected chi connectivity index (χ0v) is 11.9. The number of hydrogen-bond acceptors (Lipinski definition) is 7. The number of rotatable bonds is 3. The summed E-state index contributed by atoms with van der Waals surface area (Å²) in [7, 11) is 0. The normalized spacial score (nSPS) is 17.0. The zero-order chi connectivity index (χ0) is 15.0. The molecule has 1 saturated carbocycles. The molecule has 1 aromatic carbocycles. The van der Waals surface area contributed by atoms with Crippen LogP contribution in [0.3, 0.4) is 0 Å². The van der Waals surface area contributed by atoms with Crippen LogP contribution < -0.4 is 5.73 Å². The number of hydrogen-bond donors (Lipinski definition) is 1. The van der Waals surface area contributed by atoms with E-state index < -0.39 is 5.54 Å². The molecule has 4 rings (SSSR count). The third-order valence-corrected chi connectivity index (χ3v) is 4.07. The lowest BCUT2D eigenvalue weighted by atomic mass is 9.99. The van der Waals surface area contributed by atoms with Gasteiger partial charge in [0.1, 0.15) is 6.33 Å². The quantitative estimate of drug-likeness (QED) is 0.779. The van der Waals surface area contributed by atoms with E-state index in [9.17, 15) is 0 Å². The van der Waals surface area contributed by atoms with E-state index in [1.165, 1.54) is 6.33 Å². The summed E-state index contributed by atoms with van der Waals surface area (Å²) in [5, 5.41) is 15.2. The molecule has 2 aromatic heterocycles. The molecule has 8 heteroatoms.